The first-order valence-corrected chi connectivity index (χ1v) is 6.77. The van der Waals surface area contributed by atoms with E-state index in [4.69, 9.17) is 9.84 Å². The zero-order valence-corrected chi connectivity index (χ0v) is 12.3. The van der Waals surface area contributed by atoms with Gasteiger partial charge in [-0.2, -0.15) is 0 Å². The number of rotatable bonds is 4. The third-order valence-electron chi connectivity index (χ3n) is 1.99. The summed E-state index contributed by atoms with van der Waals surface area (Å²) in [6.07, 6.45) is 0.713. The number of thiazole rings is 1. The van der Waals surface area contributed by atoms with E-state index in [-0.39, 0.29) is 10.0 Å². The number of aryl methyl sites for hydroxylation is 1. The van der Waals surface area contributed by atoms with Crippen LogP contribution in [0.25, 0.3) is 0 Å². The van der Waals surface area contributed by atoms with Crippen molar-refractivity contribution in [1.29, 1.82) is 0 Å². The lowest BCUT2D eigenvalue weighted by Gasteiger charge is -2.18. The highest BCUT2D eigenvalue weighted by atomic mass is 32.1. The molecule has 0 aromatic carbocycles. The van der Waals surface area contributed by atoms with Crippen LogP contribution in [0, 0.1) is 0 Å². The number of amides is 1. The highest BCUT2D eigenvalue weighted by Crippen LogP contribution is 2.24. The van der Waals surface area contributed by atoms with Crippen LogP contribution < -0.4 is 5.32 Å². The number of nitrogens with one attached hydrogen (secondary N) is 1. The molecule has 1 aromatic heterocycles. The molecular weight excluding hydrogens is 268 g/mol. The molecule has 0 atom stereocenters. The third kappa shape index (κ3) is 4.86. The Labute approximate surface area is 115 Å². The van der Waals surface area contributed by atoms with E-state index < -0.39 is 17.7 Å². The van der Waals surface area contributed by atoms with Crippen LogP contribution in [0.4, 0.5) is 9.93 Å². The van der Waals surface area contributed by atoms with Gasteiger partial charge in [0.15, 0.2) is 5.13 Å². The Morgan fingerprint density at radius 2 is 2.05 bits per heavy atom. The number of hydrogen-bond acceptors (Lipinski definition) is 5. The lowest BCUT2D eigenvalue weighted by Crippen LogP contribution is -2.27. The molecule has 0 aliphatic heterocycles. The van der Waals surface area contributed by atoms with Gasteiger partial charge in [-0.05, 0) is 27.2 Å². The summed E-state index contributed by atoms with van der Waals surface area (Å²) >= 11 is 0.939. The minimum absolute atomic E-state index is 0.160. The first-order chi connectivity index (χ1) is 8.73. The Kier molecular flexibility index (Phi) is 4.88. The summed E-state index contributed by atoms with van der Waals surface area (Å²) in [6.45, 7) is 7.19. The van der Waals surface area contributed by atoms with E-state index in [1.807, 2.05) is 6.92 Å². The zero-order valence-electron chi connectivity index (χ0n) is 11.4. The van der Waals surface area contributed by atoms with Gasteiger partial charge in [0.1, 0.15) is 10.5 Å². The molecule has 1 rings (SSSR count). The Bertz CT molecular complexity index is 477. The summed E-state index contributed by atoms with van der Waals surface area (Å²) in [6, 6.07) is 0. The number of carboxylic acids is 1. The third-order valence-corrected chi connectivity index (χ3v) is 2.99. The number of carbonyl (C=O) groups excluding carboxylic acids is 1. The normalized spacial score (nSPS) is 11.2. The van der Waals surface area contributed by atoms with Gasteiger partial charge in [0.25, 0.3) is 0 Å². The van der Waals surface area contributed by atoms with Crippen molar-refractivity contribution in [2.24, 2.45) is 0 Å². The molecule has 0 radical (unpaired) electrons. The average molecular weight is 286 g/mol. The van der Waals surface area contributed by atoms with Crippen molar-refractivity contribution in [3.63, 3.8) is 0 Å². The summed E-state index contributed by atoms with van der Waals surface area (Å²) in [4.78, 5) is 26.9. The van der Waals surface area contributed by atoms with Crippen LogP contribution in [0.1, 0.15) is 49.5 Å². The second-order valence-electron chi connectivity index (χ2n) is 4.98. The second-order valence-corrected chi connectivity index (χ2v) is 5.98. The Morgan fingerprint density at radius 3 is 2.53 bits per heavy atom. The van der Waals surface area contributed by atoms with Crippen molar-refractivity contribution in [3.8, 4) is 0 Å². The second kappa shape index (κ2) is 6.01. The van der Waals surface area contributed by atoms with Gasteiger partial charge in [0.05, 0.1) is 5.69 Å². The molecule has 0 saturated heterocycles. The number of carbonyl (C=O) groups is 2. The molecule has 1 aromatic rings. The van der Waals surface area contributed by atoms with Gasteiger partial charge < -0.3 is 9.84 Å². The van der Waals surface area contributed by atoms with Crippen LogP contribution in [0.2, 0.25) is 0 Å². The SMILES string of the molecule is CCCc1nc(NC(=O)OC(C)(C)C)sc1C(=O)O. The van der Waals surface area contributed by atoms with E-state index in [0.717, 1.165) is 17.8 Å². The molecule has 6 nitrogen and oxygen atoms in total. The molecule has 0 spiro atoms. The fourth-order valence-corrected chi connectivity index (χ4v) is 2.21. The molecule has 1 amide bonds. The minimum Gasteiger partial charge on any atom is -0.477 e. The molecule has 2 N–H and O–H groups in total. The molecule has 0 aliphatic carbocycles. The number of aromatic carboxylic acids is 1. The molecule has 0 saturated carbocycles. The van der Waals surface area contributed by atoms with E-state index in [1.165, 1.54) is 0 Å². The number of ether oxygens (including phenoxy) is 1. The first-order valence-electron chi connectivity index (χ1n) is 5.96. The maximum absolute atomic E-state index is 11.6. The number of hydrogen-bond donors (Lipinski definition) is 2. The molecule has 0 fully saturated rings. The molecule has 0 bridgehead atoms. The summed E-state index contributed by atoms with van der Waals surface area (Å²) in [5, 5.41) is 11.8. The summed E-state index contributed by atoms with van der Waals surface area (Å²) < 4.78 is 5.08. The van der Waals surface area contributed by atoms with Gasteiger partial charge in [-0.15, -0.1) is 0 Å². The van der Waals surface area contributed by atoms with E-state index in [2.05, 4.69) is 10.3 Å². The van der Waals surface area contributed by atoms with Gasteiger partial charge in [0, 0.05) is 0 Å². The van der Waals surface area contributed by atoms with Crippen LogP contribution in [0.15, 0.2) is 0 Å². The quantitative estimate of drug-likeness (QED) is 0.887. The predicted molar refractivity (Wildman–Crippen MR) is 72.9 cm³/mol. The first kappa shape index (κ1) is 15.4. The predicted octanol–water partition coefficient (Wildman–Crippen LogP) is 3.14. The average Bonchev–Trinajstić information content (AvgIpc) is 2.58. The van der Waals surface area contributed by atoms with Crippen LogP contribution in [-0.2, 0) is 11.2 Å². The van der Waals surface area contributed by atoms with E-state index in [0.29, 0.717) is 12.1 Å². The van der Waals surface area contributed by atoms with Crippen molar-refractivity contribution in [2.75, 3.05) is 5.32 Å². The minimum atomic E-state index is -1.03. The highest BCUT2D eigenvalue weighted by Gasteiger charge is 2.20. The monoisotopic (exact) mass is 286 g/mol. The largest absolute Gasteiger partial charge is 0.477 e. The highest BCUT2D eigenvalue weighted by molar-refractivity contribution is 7.17. The van der Waals surface area contributed by atoms with Gasteiger partial charge >= 0.3 is 12.1 Å². The number of nitrogens with zero attached hydrogens (tertiary/aromatic N) is 1. The van der Waals surface area contributed by atoms with E-state index >= 15 is 0 Å². The standard InChI is InChI=1S/C12H18N2O4S/c1-5-6-7-8(9(15)16)19-10(13-7)14-11(17)18-12(2,3)4/h5-6H2,1-4H3,(H,15,16)(H,13,14,17). The van der Waals surface area contributed by atoms with E-state index in [9.17, 15) is 9.59 Å². The van der Waals surface area contributed by atoms with Gasteiger partial charge in [-0.25, -0.2) is 14.6 Å². The van der Waals surface area contributed by atoms with Crippen molar-refractivity contribution >= 4 is 28.5 Å². The summed E-state index contributed by atoms with van der Waals surface area (Å²) in [5.74, 6) is -1.03. The summed E-state index contributed by atoms with van der Waals surface area (Å²) in [7, 11) is 0. The van der Waals surface area contributed by atoms with Gasteiger partial charge in [0.2, 0.25) is 0 Å². The molecule has 0 aliphatic rings. The molecule has 19 heavy (non-hydrogen) atoms. The fourth-order valence-electron chi connectivity index (χ4n) is 1.37. The van der Waals surface area contributed by atoms with Crippen LogP contribution in [-0.4, -0.2) is 27.8 Å². The lowest BCUT2D eigenvalue weighted by atomic mass is 10.2. The molecule has 106 valence electrons. The summed E-state index contributed by atoms with van der Waals surface area (Å²) in [5.41, 5.74) is -0.116. The van der Waals surface area contributed by atoms with Crippen molar-refractivity contribution in [2.45, 2.75) is 46.1 Å². The maximum Gasteiger partial charge on any atom is 0.413 e. The molecular formula is C12H18N2O4S. The van der Waals surface area contributed by atoms with Gasteiger partial charge in [-0.3, -0.25) is 5.32 Å². The topological polar surface area (TPSA) is 88.5 Å². The number of carboxylic acid groups (broad SMARTS) is 1. The van der Waals surface area contributed by atoms with Crippen molar-refractivity contribution in [1.82, 2.24) is 4.98 Å². The van der Waals surface area contributed by atoms with Crippen LogP contribution in [0.3, 0.4) is 0 Å². The molecule has 1 heterocycles. The maximum atomic E-state index is 11.6. The van der Waals surface area contributed by atoms with Gasteiger partial charge in [-0.1, -0.05) is 24.7 Å². The Morgan fingerprint density at radius 1 is 1.42 bits per heavy atom. The van der Waals surface area contributed by atoms with Crippen molar-refractivity contribution in [3.05, 3.63) is 10.6 Å². The molecule has 7 heteroatoms. The van der Waals surface area contributed by atoms with Crippen LogP contribution >= 0.6 is 11.3 Å². The smallest absolute Gasteiger partial charge is 0.413 e. The Hall–Kier alpha value is -1.63. The fraction of sp³-hybridized carbons (Fsp3) is 0.583. The van der Waals surface area contributed by atoms with E-state index in [1.54, 1.807) is 20.8 Å². The zero-order chi connectivity index (χ0) is 14.6. The van der Waals surface area contributed by atoms with Crippen LogP contribution in [0.5, 0.6) is 0 Å². The van der Waals surface area contributed by atoms with Crippen molar-refractivity contribution < 1.29 is 19.4 Å². The number of anilines is 1. The number of aromatic nitrogens is 1. The lowest BCUT2D eigenvalue weighted by molar-refractivity contribution is 0.0634. The molecule has 0 unspecified atom stereocenters. The Balaban J connectivity index is 2.82.